The highest BCUT2D eigenvalue weighted by Crippen LogP contribution is 2.33. The van der Waals surface area contributed by atoms with Crippen molar-refractivity contribution in [2.45, 2.75) is 18.9 Å². The molecule has 0 aliphatic heterocycles. The highest BCUT2D eigenvalue weighted by molar-refractivity contribution is 5.71. The second-order valence-electron chi connectivity index (χ2n) is 4.15. The molecule has 1 aromatic carbocycles. The minimum Gasteiger partial charge on any atom is -0.497 e. The van der Waals surface area contributed by atoms with E-state index in [9.17, 15) is 4.79 Å². The zero-order chi connectivity index (χ0) is 11.7. The van der Waals surface area contributed by atoms with E-state index in [0.29, 0.717) is 12.8 Å². The second kappa shape index (κ2) is 4.14. The predicted molar refractivity (Wildman–Crippen MR) is 59.4 cm³/mol. The van der Waals surface area contributed by atoms with Crippen LogP contribution in [0.2, 0.25) is 0 Å². The number of carboxylic acids is 1. The molecule has 1 aliphatic rings. The maximum absolute atomic E-state index is 11.0. The van der Waals surface area contributed by atoms with E-state index in [-0.39, 0.29) is 12.0 Å². The van der Waals surface area contributed by atoms with Crippen molar-refractivity contribution >= 4 is 5.97 Å². The molecular formula is C12H15NO3. The van der Waals surface area contributed by atoms with E-state index in [1.165, 1.54) is 0 Å². The van der Waals surface area contributed by atoms with Crippen LogP contribution in [0.3, 0.4) is 0 Å². The van der Waals surface area contributed by atoms with Gasteiger partial charge in [-0.05, 0) is 36.1 Å². The molecule has 1 aromatic rings. The lowest BCUT2D eigenvalue weighted by atomic mass is 9.81. The van der Waals surface area contributed by atoms with Crippen molar-refractivity contribution in [3.63, 3.8) is 0 Å². The third kappa shape index (κ3) is 1.88. The Hall–Kier alpha value is -1.55. The molecule has 0 aromatic heterocycles. The van der Waals surface area contributed by atoms with Gasteiger partial charge in [0, 0.05) is 6.04 Å². The SMILES string of the molecule is COc1ccc2c(c1)CC(C(=O)O)CC2N. The van der Waals surface area contributed by atoms with E-state index in [1.807, 2.05) is 18.2 Å². The van der Waals surface area contributed by atoms with Crippen LogP contribution in [0.25, 0.3) is 0 Å². The van der Waals surface area contributed by atoms with E-state index in [1.54, 1.807) is 7.11 Å². The number of rotatable bonds is 2. The number of methoxy groups -OCH3 is 1. The zero-order valence-corrected chi connectivity index (χ0v) is 9.14. The summed E-state index contributed by atoms with van der Waals surface area (Å²) in [6.07, 6.45) is 1.05. The highest BCUT2D eigenvalue weighted by atomic mass is 16.5. The lowest BCUT2D eigenvalue weighted by Crippen LogP contribution is -2.28. The molecule has 3 N–H and O–H groups in total. The number of aliphatic carboxylic acids is 1. The molecule has 4 heteroatoms. The molecule has 0 bridgehead atoms. The molecule has 0 saturated carbocycles. The van der Waals surface area contributed by atoms with Gasteiger partial charge in [0.1, 0.15) is 5.75 Å². The monoisotopic (exact) mass is 221 g/mol. The Morgan fingerprint density at radius 1 is 1.56 bits per heavy atom. The quantitative estimate of drug-likeness (QED) is 0.790. The summed E-state index contributed by atoms with van der Waals surface area (Å²) in [5, 5.41) is 9.02. The summed E-state index contributed by atoms with van der Waals surface area (Å²) < 4.78 is 5.12. The van der Waals surface area contributed by atoms with Crippen molar-refractivity contribution in [2.24, 2.45) is 11.7 Å². The van der Waals surface area contributed by atoms with Gasteiger partial charge in [-0.2, -0.15) is 0 Å². The molecule has 16 heavy (non-hydrogen) atoms. The average molecular weight is 221 g/mol. The fourth-order valence-electron chi connectivity index (χ4n) is 2.22. The minimum atomic E-state index is -0.774. The van der Waals surface area contributed by atoms with Crippen LogP contribution in [0, 0.1) is 5.92 Å². The van der Waals surface area contributed by atoms with Crippen molar-refractivity contribution in [1.29, 1.82) is 0 Å². The van der Waals surface area contributed by atoms with Crippen LogP contribution >= 0.6 is 0 Å². The average Bonchev–Trinajstić information content (AvgIpc) is 2.28. The van der Waals surface area contributed by atoms with Gasteiger partial charge in [0.05, 0.1) is 13.0 Å². The molecule has 0 amide bonds. The molecule has 0 fully saturated rings. The standard InChI is InChI=1S/C12H15NO3/c1-16-9-2-3-10-7(5-9)4-8(12(14)15)6-11(10)13/h2-3,5,8,11H,4,6,13H2,1H3,(H,14,15). The van der Waals surface area contributed by atoms with E-state index < -0.39 is 5.97 Å². The Kier molecular flexibility index (Phi) is 2.83. The van der Waals surface area contributed by atoms with Gasteiger partial charge >= 0.3 is 5.97 Å². The second-order valence-corrected chi connectivity index (χ2v) is 4.15. The summed E-state index contributed by atoms with van der Waals surface area (Å²) in [5.74, 6) is -0.407. The van der Waals surface area contributed by atoms with E-state index in [0.717, 1.165) is 16.9 Å². The molecule has 2 rings (SSSR count). The van der Waals surface area contributed by atoms with Gasteiger partial charge in [-0.15, -0.1) is 0 Å². The lowest BCUT2D eigenvalue weighted by molar-refractivity contribution is -0.142. The molecule has 2 unspecified atom stereocenters. The smallest absolute Gasteiger partial charge is 0.306 e. The number of hydrogen-bond donors (Lipinski definition) is 2. The Morgan fingerprint density at radius 3 is 2.94 bits per heavy atom. The number of carboxylic acid groups (broad SMARTS) is 1. The van der Waals surface area contributed by atoms with E-state index >= 15 is 0 Å². The van der Waals surface area contributed by atoms with Crippen molar-refractivity contribution < 1.29 is 14.6 Å². The fraction of sp³-hybridized carbons (Fsp3) is 0.417. The summed E-state index contributed by atoms with van der Waals surface area (Å²) >= 11 is 0. The maximum atomic E-state index is 11.0. The Balaban J connectivity index is 2.35. The molecule has 0 saturated heterocycles. The molecule has 0 heterocycles. The van der Waals surface area contributed by atoms with Gasteiger partial charge in [0.15, 0.2) is 0 Å². The van der Waals surface area contributed by atoms with Gasteiger partial charge in [0.2, 0.25) is 0 Å². The normalized spacial score (nSPS) is 23.6. The van der Waals surface area contributed by atoms with Crippen LogP contribution in [0.4, 0.5) is 0 Å². The van der Waals surface area contributed by atoms with Crippen LogP contribution in [0.1, 0.15) is 23.6 Å². The van der Waals surface area contributed by atoms with Gasteiger partial charge in [-0.25, -0.2) is 0 Å². The number of fused-ring (bicyclic) bond motifs is 1. The number of carbonyl (C=O) groups is 1. The van der Waals surface area contributed by atoms with Crippen LogP contribution < -0.4 is 10.5 Å². The summed E-state index contributed by atoms with van der Waals surface area (Å²) in [6.45, 7) is 0. The molecule has 0 spiro atoms. The Morgan fingerprint density at radius 2 is 2.31 bits per heavy atom. The van der Waals surface area contributed by atoms with Gasteiger partial charge in [-0.1, -0.05) is 6.07 Å². The summed E-state index contributed by atoms with van der Waals surface area (Å²) in [7, 11) is 1.60. The zero-order valence-electron chi connectivity index (χ0n) is 9.14. The fourth-order valence-corrected chi connectivity index (χ4v) is 2.22. The van der Waals surface area contributed by atoms with Gasteiger partial charge < -0.3 is 15.6 Å². The van der Waals surface area contributed by atoms with Crippen molar-refractivity contribution in [2.75, 3.05) is 7.11 Å². The molecule has 86 valence electrons. The topological polar surface area (TPSA) is 72.5 Å². The number of hydrogen-bond acceptors (Lipinski definition) is 3. The lowest BCUT2D eigenvalue weighted by Gasteiger charge is -2.27. The minimum absolute atomic E-state index is 0.184. The van der Waals surface area contributed by atoms with Gasteiger partial charge in [0.25, 0.3) is 0 Å². The van der Waals surface area contributed by atoms with Crippen LogP contribution in [-0.4, -0.2) is 18.2 Å². The molecule has 2 atom stereocenters. The predicted octanol–water partition coefficient (Wildman–Crippen LogP) is 1.34. The number of ether oxygens (including phenoxy) is 1. The Labute approximate surface area is 94.0 Å². The maximum Gasteiger partial charge on any atom is 0.306 e. The van der Waals surface area contributed by atoms with Gasteiger partial charge in [-0.3, -0.25) is 4.79 Å². The van der Waals surface area contributed by atoms with Crippen LogP contribution in [0.5, 0.6) is 5.75 Å². The largest absolute Gasteiger partial charge is 0.497 e. The summed E-state index contributed by atoms with van der Waals surface area (Å²) in [5.41, 5.74) is 7.99. The highest BCUT2D eigenvalue weighted by Gasteiger charge is 2.29. The third-order valence-electron chi connectivity index (χ3n) is 3.10. The first kappa shape index (κ1) is 11.0. The van der Waals surface area contributed by atoms with Crippen LogP contribution in [0.15, 0.2) is 18.2 Å². The van der Waals surface area contributed by atoms with E-state index in [4.69, 9.17) is 15.6 Å². The number of nitrogens with two attached hydrogens (primary N) is 1. The first-order chi connectivity index (χ1) is 7.61. The molecule has 0 radical (unpaired) electrons. The van der Waals surface area contributed by atoms with Crippen molar-refractivity contribution in [3.05, 3.63) is 29.3 Å². The third-order valence-corrected chi connectivity index (χ3v) is 3.10. The Bertz CT molecular complexity index is 417. The molecular weight excluding hydrogens is 206 g/mol. The number of benzene rings is 1. The van der Waals surface area contributed by atoms with Crippen molar-refractivity contribution in [1.82, 2.24) is 0 Å². The van der Waals surface area contributed by atoms with E-state index in [2.05, 4.69) is 0 Å². The first-order valence-electron chi connectivity index (χ1n) is 5.27. The van der Waals surface area contributed by atoms with Crippen LogP contribution in [-0.2, 0) is 11.2 Å². The summed E-state index contributed by atoms with van der Waals surface area (Å²) in [6, 6.07) is 5.48. The first-order valence-corrected chi connectivity index (χ1v) is 5.27. The van der Waals surface area contributed by atoms with Crippen molar-refractivity contribution in [3.8, 4) is 5.75 Å². The molecule has 1 aliphatic carbocycles. The summed E-state index contributed by atoms with van der Waals surface area (Å²) in [4.78, 5) is 11.0. The molecule has 4 nitrogen and oxygen atoms in total.